The van der Waals surface area contributed by atoms with Crippen molar-refractivity contribution < 1.29 is 14.3 Å². The Labute approximate surface area is 176 Å². The number of hydrogen-bond acceptors (Lipinski definition) is 4. The minimum atomic E-state index is -0.232. The van der Waals surface area contributed by atoms with Crippen LogP contribution >= 0.6 is 0 Å². The fourth-order valence-electron chi connectivity index (χ4n) is 3.18. The summed E-state index contributed by atoms with van der Waals surface area (Å²) in [5.41, 5.74) is 3.39. The van der Waals surface area contributed by atoms with Gasteiger partial charge in [0.15, 0.2) is 0 Å². The molecule has 0 bridgehead atoms. The Kier molecular flexibility index (Phi) is 6.85. The third-order valence-electron chi connectivity index (χ3n) is 4.58. The number of para-hydroxylation sites is 1. The fourth-order valence-corrected chi connectivity index (χ4v) is 3.18. The van der Waals surface area contributed by atoms with Gasteiger partial charge in [0.1, 0.15) is 11.4 Å². The number of nitrogens with one attached hydrogen (secondary N) is 2. The SMILES string of the molecule is CCCC(=O)Nc1cccc(CNC(=O)c2cn(C)nc2-c2ccccc2OC)c1. The zero-order chi connectivity index (χ0) is 21.5. The molecule has 1 aromatic heterocycles. The smallest absolute Gasteiger partial charge is 0.255 e. The van der Waals surface area contributed by atoms with E-state index in [1.807, 2.05) is 55.5 Å². The van der Waals surface area contributed by atoms with Crippen LogP contribution in [-0.4, -0.2) is 28.7 Å². The standard InChI is InChI=1S/C23H26N4O3/c1-4-8-21(28)25-17-10-7-9-16(13-17)14-24-23(29)19-15-27(2)26-22(19)18-11-5-6-12-20(18)30-3/h5-7,9-13,15H,4,8,14H2,1-3H3,(H,24,29)(H,25,28). The fraction of sp³-hybridized carbons (Fsp3) is 0.261. The molecule has 0 atom stereocenters. The highest BCUT2D eigenvalue weighted by atomic mass is 16.5. The predicted octanol–water partition coefficient (Wildman–Crippen LogP) is 3.76. The van der Waals surface area contributed by atoms with Crippen LogP contribution in [0, 0.1) is 0 Å². The van der Waals surface area contributed by atoms with Crippen LogP contribution in [0.2, 0.25) is 0 Å². The van der Waals surface area contributed by atoms with Crippen molar-refractivity contribution in [3.63, 3.8) is 0 Å². The van der Waals surface area contributed by atoms with Gasteiger partial charge in [-0.05, 0) is 36.2 Å². The van der Waals surface area contributed by atoms with Crippen molar-refractivity contribution in [1.82, 2.24) is 15.1 Å². The molecule has 2 N–H and O–H groups in total. The van der Waals surface area contributed by atoms with Crippen molar-refractivity contribution in [2.75, 3.05) is 12.4 Å². The zero-order valence-corrected chi connectivity index (χ0v) is 17.4. The van der Waals surface area contributed by atoms with Gasteiger partial charge in [0.05, 0.1) is 12.7 Å². The van der Waals surface area contributed by atoms with E-state index in [9.17, 15) is 9.59 Å². The third-order valence-corrected chi connectivity index (χ3v) is 4.58. The Balaban J connectivity index is 1.74. The average molecular weight is 406 g/mol. The van der Waals surface area contributed by atoms with Crippen molar-refractivity contribution in [2.45, 2.75) is 26.3 Å². The molecule has 0 saturated heterocycles. The maximum Gasteiger partial charge on any atom is 0.255 e. The van der Waals surface area contributed by atoms with Gasteiger partial charge < -0.3 is 15.4 Å². The normalized spacial score (nSPS) is 10.5. The number of methoxy groups -OCH3 is 1. The summed E-state index contributed by atoms with van der Waals surface area (Å²) in [5.74, 6) is 0.403. The molecule has 0 fully saturated rings. The first kappa shape index (κ1) is 21.1. The number of benzene rings is 2. The Morgan fingerprint density at radius 3 is 2.70 bits per heavy atom. The number of aromatic nitrogens is 2. The van der Waals surface area contributed by atoms with E-state index in [-0.39, 0.29) is 11.8 Å². The minimum absolute atomic E-state index is 0.0181. The lowest BCUT2D eigenvalue weighted by Crippen LogP contribution is -2.23. The molecule has 7 heteroatoms. The Morgan fingerprint density at radius 1 is 1.13 bits per heavy atom. The molecular formula is C23H26N4O3. The van der Waals surface area contributed by atoms with Crippen molar-refractivity contribution in [2.24, 2.45) is 7.05 Å². The average Bonchev–Trinajstić information content (AvgIpc) is 3.14. The second kappa shape index (κ2) is 9.73. The van der Waals surface area contributed by atoms with Crippen molar-refractivity contribution in [3.8, 4) is 17.0 Å². The van der Waals surface area contributed by atoms with Gasteiger partial charge in [0, 0.05) is 37.5 Å². The van der Waals surface area contributed by atoms with Crippen LogP contribution in [0.25, 0.3) is 11.3 Å². The largest absolute Gasteiger partial charge is 0.496 e. The summed E-state index contributed by atoms with van der Waals surface area (Å²) in [6.45, 7) is 2.29. The quantitative estimate of drug-likeness (QED) is 0.596. The molecule has 156 valence electrons. The summed E-state index contributed by atoms with van der Waals surface area (Å²) in [6, 6.07) is 14.9. The van der Waals surface area contributed by atoms with Gasteiger partial charge in [-0.1, -0.05) is 31.2 Å². The summed E-state index contributed by atoms with van der Waals surface area (Å²) in [5, 5.41) is 10.3. The Morgan fingerprint density at radius 2 is 1.93 bits per heavy atom. The van der Waals surface area contributed by atoms with E-state index in [2.05, 4.69) is 15.7 Å². The number of aryl methyl sites for hydroxylation is 1. The van der Waals surface area contributed by atoms with E-state index >= 15 is 0 Å². The maximum atomic E-state index is 12.9. The summed E-state index contributed by atoms with van der Waals surface area (Å²) in [4.78, 5) is 24.7. The van der Waals surface area contributed by atoms with Crippen molar-refractivity contribution in [1.29, 1.82) is 0 Å². The van der Waals surface area contributed by atoms with Gasteiger partial charge in [0.2, 0.25) is 5.91 Å². The Hall–Kier alpha value is -3.61. The first-order valence-corrected chi connectivity index (χ1v) is 9.85. The predicted molar refractivity (Wildman–Crippen MR) is 116 cm³/mol. The summed E-state index contributed by atoms with van der Waals surface area (Å²) >= 11 is 0. The van der Waals surface area contributed by atoms with E-state index in [0.29, 0.717) is 30.0 Å². The molecule has 0 radical (unpaired) electrons. The molecule has 2 aromatic carbocycles. The van der Waals surface area contributed by atoms with Crippen LogP contribution in [0.1, 0.15) is 35.7 Å². The van der Waals surface area contributed by atoms with Crippen LogP contribution in [0.3, 0.4) is 0 Å². The summed E-state index contributed by atoms with van der Waals surface area (Å²) in [7, 11) is 3.37. The lowest BCUT2D eigenvalue weighted by atomic mass is 10.1. The molecule has 0 aliphatic rings. The lowest BCUT2D eigenvalue weighted by Gasteiger charge is -2.10. The maximum absolute atomic E-state index is 12.9. The molecule has 3 aromatic rings. The van der Waals surface area contributed by atoms with Gasteiger partial charge >= 0.3 is 0 Å². The molecule has 30 heavy (non-hydrogen) atoms. The van der Waals surface area contributed by atoms with E-state index in [1.54, 1.807) is 25.0 Å². The molecule has 0 aliphatic heterocycles. The number of nitrogens with zero attached hydrogens (tertiary/aromatic N) is 2. The van der Waals surface area contributed by atoms with Gasteiger partial charge in [-0.2, -0.15) is 5.10 Å². The first-order valence-electron chi connectivity index (χ1n) is 9.85. The van der Waals surface area contributed by atoms with Gasteiger partial charge in [-0.15, -0.1) is 0 Å². The number of rotatable bonds is 8. The number of ether oxygens (including phenoxy) is 1. The molecule has 0 unspecified atom stereocenters. The third kappa shape index (κ3) is 5.05. The number of hydrogen-bond donors (Lipinski definition) is 2. The molecular weight excluding hydrogens is 380 g/mol. The number of amides is 2. The van der Waals surface area contributed by atoms with Crippen molar-refractivity contribution in [3.05, 3.63) is 65.9 Å². The second-order valence-electron chi connectivity index (χ2n) is 6.95. The monoisotopic (exact) mass is 406 g/mol. The molecule has 0 spiro atoms. The summed E-state index contributed by atoms with van der Waals surface area (Å²) in [6.07, 6.45) is 2.97. The topological polar surface area (TPSA) is 85.3 Å². The molecule has 1 heterocycles. The first-order chi connectivity index (χ1) is 14.5. The van der Waals surface area contributed by atoms with E-state index in [4.69, 9.17) is 4.74 Å². The molecule has 3 rings (SSSR count). The van der Waals surface area contributed by atoms with Crippen LogP contribution in [-0.2, 0) is 18.4 Å². The van der Waals surface area contributed by atoms with E-state index in [1.165, 1.54) is 0 Å². The lowest BCUT2D eigenvalue weighted by molar-refractivity contribution is -0.116. The summed E-state index contributed by atoms with van der Waals surface area (Å²) < 4.78 is 7.03. The van der Waals surface area contributed by atoms with E-state index in [0.717, 1.165) is 23.2 Å². The van der Waals surface area contributed by atoms with Gasteiger partial charge in [0.25, 0.3) is 5.91 Å². The number of carbonyl (C=O) groups excluding carboxylic acids is 2. The molecule has 0 aliphatic carbocycles. The number of anilines is 1. The van der Waals surface area contributed by atoms with Crippen LogP contribution in [0.15, 0.2) is 54.7 Å². The molecule has 7 nitrogen and oxygen atoms in total. The molecule has 2 amide bonds. The van der Waals surface area contributed by atoms with Crippen molar-refractivity contribution >= 4 is 17.5 Å². The van der Waals surface area contributed by atoms with Crippen LogP contribution in [0.5, 0.6) is 5.75 Å². The van der Waals surface area contributed by atoms with Crippen LogP contribution < -0.4 is 15.4 Å². The van der Waals surface area contributed by atoms with Gasteiger partial charge in [-0.3, -0.25) is 14.3 Å². The molecule has 0 saturated carbocycles. The zero-order valence-electron chi connectivity index (χ0n) is 17.4. The van der Waals surface area contributed by atoms with Crippen LogP contribution in [0.4, 0.5) is 5.69 Å². The highest BCUT2D eigenvalue weighted by molar-refractivity contribution is 6.00. The van der Waals surface area contributed by atoms with Gasteiger partial charge in [-0.25, -0.2) is 0 Å². The Bertz CT molecular complexity index is 1040. The highest BCUT2D eigenvalue weighted by Crippen LogP contribution is 2.30. The minimum Gasteiger partial charge on any atom is -0.496 e. The highest BCUT2D eigenvalue weighted by Gasteiger charge is 2.19. The number of carbonyl (C=O) groups is 2. The second-order valence-corrected chi connectivity index (χ2v) is 6.95. The van der Waals surface area contributed by atoms with E-state index < -0.39 is 0 Å².